The van der Waals surface area contributed by atoms with Crippen LogP contribution in [0.15, 0.2) is 51.5 Å². The maximum Gasteiger partial charge on any atom is 0.188 e. The van der Waals surface area contributed by atoms with Crippen molar-refractivity contribution >= 4 is 17.6 Å². The van der Waals surface area contributed by atoms with Gasteiger partial charge >= 0.3 is 0 Å². The Bertz CT molecular complexity index is 626. The van der Waals surface area contributed by atoms with Gasteiger partial charge < -0.3 is 10.9 Å². The fraction of sp³-hybridized carbons (Fsp3) is 0.143. The Kier molecular flexibility index (Phi) is 4.06. The van der Waals surface area contributed by atoms with Crippen molar-refractivity contribution < 1.29 is 5.21 Å². The number of nitrogens with two attached hydrogens (primary N) is 1. The number of oxime groups is 1. The van der Waals surface area contributed by atoms with Crippen molar-refractivity contribution in [2.24, 2.45) is 10.9 Å². The second-order valence-corrected chi connectivity index (χ2v) is 5.29. The van der Waals surface area contributed by atoms with Gasteiger partial charge in [-0.15, -0.1) is 0 Å². The fourth-order valence-corrected chi connectivity index (χ4v) is 2.47. The lowest BCUT2D eigenvalue weighted by Gasteiger charge is -2.05. The van der Waals surface area contributed by atoms with Crippen LogP contribution < -0.4 is 5.73 Å². The quantitative estimate of drug-likeness (QED) is 0.390. The van der Waals surface area contributed by atoms with Crippen LogP contribution in [0.3, 0.4) is 0 Å². The molecule has 0 amide bonds. The predicted octanol–water partition coefficient (Wildman–Crippen LogP) is 2.94. The Balaban J connectivity index is 2.26. The molecule has 0 atom stereocenters. The van der Waals surface area contributed by atoms with Gasteiger partial charge in [0.05, 0.1) is 0 Å². The molecule has 0 spiro atoms. The molecule has 0 saturated carbocycles. The monoisotopic (exact) mass is 273 g/mol. The van der Waals surface area contributed by atoms with Crippen molar-refractivity contribution in [3.8, 4) is 0 Å². The molecule has 0 saturated heterocycles. The fourth-order valence-electron chi connectivity index (χ4n) is 1.56. The van der Waals surface area contributed by atoms with Crippen molar-refractivity contribution in [2.45, 2.75) is 23.8 Å². The summed E-state index contributed by atoms with van der Waals surface area (Å²) in [7, 11) is 0. The number of aryl methyl sites for hydroxylation is 2. The number of nitrogens with zero attached hydrogens (tertiary/aromatic N) is 2. The minimum Gasteiger partial charge on any atom is -0.409 e. The van der Waals surface area contributed by atoms with Gasteiger partial charge in [0.1, 0.15) is 10.7 Å². The Morgan fingerprint density at radius 3 is 2.68 bits per heavy atom. The third kappa shape index (κ3) is 3.26. The van der Waals surface area contributed by atoms with E-state index < -0.39 is 0 Å². The van der Waals surface area contributed by atoms with Gasteiger partial charge in [-0.3, -0.25) is 0 Å². The van der Waals surface area contributed by atoms with E-state index in [0.717, 1.165) is 9.92 Å². The zero-order valence-corrected chi connectivity index (χ0v) is 11.6. The van der Waals surface area contributed by atoms with Gasteiger partial charge in [-0.05, 0) is 49.2 Å². The molecule has 19 heavy (non-hydrogen) atoms. The van der Waals surface area contributed by atoms with E-state index >= 15 is 0 Å². The topological polar surface area (TPSA) is 71.5 Å². The van der Waals surface area contributed by atoms with E-state index in [1.54, 1.807) is 17.8 Å². The smallest absolute Gasteiger partial charge is 0.188 e. The molecule has 2 rings (SSSR count). The second kappa shape index (κ2) is 5.75. The first-order chi connectivity index (χ1) is 9.10. The van der Waals surface area contributed by atoms with Crippen molar-refractivity contribution in [1.82, 2.24) is 4.98 Å². The third-order valence-electron chi connectivity index (χ3n) is 2.79. The number of pyridine rings is 1. The lowest BCUT2D eigenvalue weighted by atomic mass is 10.1. The molecule has 0 aliphatic rings. The first-order valence-electron chi connectivity index (χ1n) is 5.80. The Labute approximate surface area is 116 Å². The number of hydrogen-bond donors (Lipinski definition) is 2. The molecule has 4 nitrogen and oxygen atoms in total. The molecular formula is C14H15N3OS. The van der Waals surface area contributed by atoms with Crippen molar-refractivity contribution in [3.63, 3.8) is 0 Å². The number of benzene rings is 1. The third-order valence-corrected chi connectivity index (χ3v) is 3.72. The molecule has 5 heteroatoms. The zero-order valence-electron chi connectivity index (χ0n) is 10.8. The molecule has 2 aromatic rings. The van der Waals surface area contributed by atoms with E-state index in [4.69, 9.17) is 10.9 Å². The molecule has 0 fully saturated rings. The molecule has 0 bridgehead atoms. The van der Waals surface area contributed by atoms with Crippen molar-refractivity contribution in [3.05, 3.63) is 53.2 Å². The molecule has 0 radical (unpaired) electrons. The van der Waals surface area contributed by atoms with Crippen molar-refractivity contribution in [2.75, 3.05) is 0 Å². The highest BCUT2D eigenvalue weighted by atomic mass is 32.2. The average Bonchev–Trinajstić information content (AvgIpc) is 2.42. The summed E-state index contributed by atoms with van der Waals surface area (Å²) in [6.07, 6.45) is 0. The second-order valence-electron chi connectivity index (χ2n) is 4.19. The van der Waals surface area contributed by atoms with Crippen LogP contribution in [0.25, 0.3) is 0 Å². The number of amidine groups is 1. The van der Waals surface area contributed by atoms with Crippen LogP contribution >= 0.6 is 11.8 Å². The summed E-state index contributed by atoms with van der Waals surface area (Å²) in [4.78, 5) is 5.46. The van der Waals surface area contributed by atoms with Gasteiger partial charge in [0, 0.05) is 4.90 Å². The zero-order chi connectivity index (χ0) is 13.8. The van der Waals surface area contributed by atoms with Gasteiger partial charge in [0.25, 0.3) is 0 Å². The van der Waals surface area contributed by atoms with Gasteiger partial charge in [-0.25, -0.2) is 4.98 Å². The summed E-state index contributed by atoms with van der Waals surface area (Å²) >= 11 is 1.55. The Morgan fingerprint density at radius 2 is 2.00 bits per heavy atom. The Hall–Kier alpha value is -2.01. The van der Waals surface area contributed by atoms with E-state index in [1.807, 2.05) is 12.1 Å². The summed E-state index contributed by atoms with van der Waals surface area (Å²) in [5, 5.41) is 12.4. The first-order valence-corrected chi connectivity index (χ1v) is 6.62. The lowest BCUT2D eigenvalue weighted by Crippen LogP contribution is -2.14. The minimum atomic E-state index is 0.0162. The minimum absolute atomic E-state index is 0.0162. The van der Waals surface area contributed by atoms with E-state index in [-0.39, 0.29) is 5.84 Å². The highest BCUT2D eigenvalue weighted by Crippen LogP contribution is 2.27. The first kappa shape index (κ1) is 13.4. The molecule has 0 aliphatic carbocycles. The summed E-state index contributed by atoms with van der Waals surface area (Å²) in [6, 6.07) is 11.7. The highest BCUT2D eigenvalue weighted by Gasteiger charge is 2.05. The Morgan fingerprint density at radius 1 is 1.21 bits per heavy atom. The lowest BCUT2D eigenvalue weighted by molar-refractivity contribution is 0.318. The van der Waals surface area contributed by atoms with Crippen LogP contribution in [0, 0.1) is 13.8 Å². The van der Waals surface area contributed by atoms with Crippen LogP contribution in [0.1, 0.15) is 16.8 Å². The molecule has 0 aliphatic heterocycles. The van der Waals surface area contributed by atoms with E-state index in [9.17, 15) is 0 Å². The average molecular weight is 273 g/mol. The maximum absolute atomic E-state index is 8.65. The van der Waals surface area contributed by atoms with Crippen LogP contribution in [0.2, 0.25) is 0 Å². The van der Waals surface area contributed by atoms with Crippen LogP contribution in [0.4, 0.5) is 0 Å². The van der Waals surface area contributed by atoms with Crippen molar-refractivity contribution in [1.29, 1.82) is 0 Å². The molecule has 3 N–H and O–H groups in total. The molecule has 0 unspecified atom stereocenters. The van der Waals surface area contributed by atoms with Gasteiger partial charge in [0.15, 0.2) is 5.84 Å². The van der Waals surface area contributed by atoms with E-state index in [1.165, 1.54) is 11.1 Å². The van der Waals surface area contributed by atoms with Crippen LogP contribution in [-0.4, -0.2) is 16.0 Å². The maximum atomic E-state index is 8.65. The predicted molar refractivity (Wildman–Crippen MR) is 76.8 cm³/mol. The summed E-state index contributed by atoms with van der Waals surface area (Å²) in [5.74, 6) is 0.0162. The normalized spacial score (nSPS) is 11.6. The van der Waals surface area contributed by atoms with Crippen LogP contribution in [0.5, 0.6) is 0 Å². The molecule has 1 heterocycles. The summed E-state index contributed by atoms with van der Waals surface area (Å²) < 4.78 is 0. The molecule has 1 aromatic heterocycles. The SMILES string of the molecule is Cc1ccc(Sc2cccc(C(N)=NO)n2)cc1C. The summed E-state index contributed by atoms with van der Waals surface area (Å²) in [6.45, 7) is 4.17. The largest absolute Gasteiger partial charge is 0.409 e. The molecule has 1 aromatic carbocycles. The van der Waals surface area contributed by atoms with E-state index in [0.29, 0.717) is 5.69 Å². The summed E-state index contributed by atoms with van der Waals surface area (Å²) in [5.41, 5.74) is 8.51. The standard InChI is InChI=1S/C14H15N3OS/c1-9-6-7-11(8-10(9)2)19-13-5-3-4-12(16-13)14(15)17-18/h3-8,18H,1-2H3,(H2,15,17). The molecule has 98 valence electrons. The van der Waals surface area contributed by atoms with Gasteiger partial charge in [0.2, 0.25) is 0 Å². The molecular weight excluding hydrogens is 258 g/mol. The van der Waals surface area contributed by atoms with Crippen LogP contribution in [-0.2, 0) is 0 Å². The number of rotatable bonds is 3. The van der Waals surface area contributed by atoms with Gasteiger partial charge in [-0.1, -0.05) is 29.1 Å². The van der Waals surface area contributed by atoms with Gasteiger partial charge in [-0.2, -0.15) is 0 Å². The number of aromatic nitrogens is 1. The van der Waals surface area contributed by atoms with E-state index in [2.05, 4.69) is 42.2 Å². The number of hydrogen-bond acceptors (Lipinski definition) is 4. The highest BCUT2D eigenvalue weighted by molar-refractivity contribution is 7.99.